The number of aromatic nitrogens is 3. The summed E-state index contributed by atoms with van der Waals surface area (Å²) in [5.74, 6) is -0.142. The first-order valence-corrected chi connectivity index (χ1v) is 7.53. The number of nitrogens with zero attached hydrogens (tertiary/aromatic N) is 3. The predicted octanol–water partition coefficient (Wildman–Crippen LogP) is 1.97. The Bertz CT molecular complexity index is 671. The van der Waals surface area contributed by atoms with Gasteiger partial charge in [-0.3, -0.25) is 4.79 Å². The molecule has 120 valence electrons. The first kappa shape index (κ1) is 16.4. The fourth-order valence-electron chi connectivity index (χ4n) is 2.24. The van der Waals surface area contributed by atoms with Gasteiger partial charge in [-0.2, -0.15) is 5.10 Å². The van der Waals surface area contributed by atoms with Gasteiger partial charge in [-0.15, -0.1) is 0 Å². The third-order valence-corrected chi connectivity index (χ3v) is 3.52. The van der Waals surface area contributed by atoms with Crippen LogP contribution in [0.25, 0.3) is 5.65 Å². The molecule has 22 heavy (non-hydrogen) atoms. The Morgan fingerprint density at radius 3 is 2.73 bits per heavy atom. The maximum absolute atomic E-state index is 12.3. The highest BCUT2D eigenvalue weighted by atomic mass is 16.5. The minimum absolute atomic E-state index is 0.0560. The normalized spacial score (nSPS) is 11.9. The second kappa shape index (κ2) is 6.44. The molecule has 2 aromatic heterocycles. The minimum Gasteiger partial charge on any atom is -0.383 e. The summed E-state index contributed by atoms with van der Waals surface area (Å²) in [7, 11) is 1.61. The zero-order valence-corrected chi connectivity index (χ0v) is 13.9. The van der Waals surface area contributed by atoms with Gasteiger partial charge in [0.2, 0.25) is 0 Å². The van der Waals surface area contributed by atoms with E-state index in [1.54, 1.807) is 17.8 Å². The largest absolute Gasteiger partial charge is 0.383 e. The second-order valence-electron chi connectivity index (χ2n) is 6.27. The Balaban J connectivity index is 2.42. The zero-order valence-electron chi connectivity index (χ0n) is 13.9. The van der Waals surface area contributed by atoms with Crippen LogP contribution in [-0.4, -0.2) is 40.8 Å². The molecule has 0 unspecified atom stereocenters. The van der Waals surface area contributed by atoms with Crippen molar-refractivity contribution >= 4 is 11.6 Å². The van der Waals surface area contributed by atoms with E-state index in [0.717, 1.165) is 17.0 Å². The zero-order chi connectivity index (χ0) is 16.3. The molecule has 1 N–H and O–H groups in total. The van der Waals surface area contributed by atoms with Crippen molar-refractivity contribution in [2.24, 2.45) is 0 Å². The molecule has 0 aliphatic carbocycles. The molecular weight excluding hydrogens is 280 g/mol. The van der Waals surface area contributed by atoms with Crippen molar-refractivity contribution in [3.05, 3.63) is 29.2 Å². The molecule has 6 heteroatoms. The van der Waals surface area contributed by atoms with Crippen LogP contribution in [0.3, 0.4) is 0 Å². The Morgan fingerprint density at radius 2 is 2.14 bits per heavy atom. The van der Waals surface area contributed by atoms with E-state index in [1.807, 2.05) is 13.0 Å². The van der Waals surface area contributed by atoms with Crippen LogP contribution in [0.4, 0.5) is 0 Å². The summed E-state index contributed by atoms with van der Waals surface area (Å²) >= 11 is 0. The Hall–Kier alpha value is -1.95. The third-order valence-electron chi connectivity index (χ3n) is 3.52. The first-order valence-electron chi connectivity index (χ1n) is 7.53. The van der Waals surface area contributed by atoms with Gasteiger partial charge in [0.25, 0.3) is 5.91 Å². The molecule has 6 nitrogen and oxygen atoms in total. The van der Waals surface area contributed by atoms with Crippen molar-refractivity contribution in [2.45, 2.75) is 39.5 Å². The SMILES string of the molecule is CCc1c(C(=O)NCCOC)cnc2cc(C(C)(C)C)nn12. The van der Waals surface area contributed by atoms with Gasteiger partial charge < -0.3 is 10.1 Å². The van der Waals surface area contributed by atoms with Crippen LogP contribution in [0.2, 0.25) is 0 Å². The molecule has 0 aliphatic rings. The van der Waals surface area contributed by atoms with Gasteiger partial charge in [-0.1, -0.05) is 27.7 Å². The molecule has 0 saturated heterocycles. The Morgan fingerprint density at radius 1 is 1.41 bits per heavy atom. The fourth-order valence-corrected chi connectivity index (χ4v) is 2.24. The first-order chi connectivity index (χ1) is 10.4. The Kier molecular flexibility index (Phi) is 4.81. The summed E-state index contributed by atoms with van der Waals surface area (Å²) in [5.41, 5.74) is 3.12. The van der Waals surface area contributed by atoms with Crippen molar-refractivity contribution in [1.82, 2.24) is 19.9 Å². The van der Waals surface area contributed by atoms with Crippen LogP contribution < -0.4 is 5.32 Å². The van der Waals surface area contributed by atoms with Gasteiger partial charge in [0.15, 0.2) is 5.65 Å². The molecule has 0 atom stereocenters. The van der Waals surface area contributed by atoms with Gasteiger partial charge in [0.05, 0.1) is 23.6 Å². The van der Waals surface area contributed by atoms with E-state index in [-0.39, 0.29) is 11.3 Å². The third kappa shape index (κ3) is 3.27. The van der Waals surface area contributed by atoms with Crippen LogP contribution in [0, 0.1) is 0 Å². The van der Waals surface area contributed by atoms with Crippen molar-refractivity contribution in [3.63, 3.8) is 0 Å². The predicted molar refractivity (Wildman–Crippen MR) is 85.3 cm³/mol. The molecule has 0 radical (unpaired) electrons. The van der Waals surface area contributed by atoms with Gasteiger partial charge >= 0.3 is 0 Å². The van der Waals surface area contributed by atoms with Gasteiger partial charge in [-0.05, 0) is 6.42 Å². The maximum Gasteiger partial charge on any atom is 0.254 e. The topological polar surface area (TPSA) is 68.5 Å². The second-order valence-corrected chi connectivity index (χ2v) is 6.27. The smallest absolute Gasteiger partial charge is 0.254 e. The lowest BCUT2D eigenvalue weighted by molar-refractivity contribution is 0.0935. The van der Waals surface area contributed by atoms with Crippen molar-refractivity contribution in [3.8, 4) is 0 Å². The summed E-state index contributed by atoms with van der Waals surface area (Å²) in [5, 5.41) is 7.48. The van der Waals surface area contributed by atoms with Crippen molar-refractivity contribution < 1.29 is 9.53 Å². The van der Waals surface area contributed by atoms with Gasteiger partial charge in [0, 0.05) is 31.3 Å². The molecule has 0 saturated carbocycles. The van der Waals surface area contributed by atoms with E-state index < -0.39 is 0 Å². The highest BCUT2D eigenvalue weighted by Gasteiger charge is 2.21. The molecule has 0 aromatic carbocycles. The van der Waals surface area contributed by atoms with Gasteiger partial charge in [-0.25, -0.2) is 9.50 Å². The number of rotatable bonds is 5. The van der Waals surface area contributed by atoms with Crippen LogP contribution in [-0.2, 0) is 16.6 Å². The quantitative estimate of drug-likeness (QED) is 0.858. The Labute approximate surface area is 130 Å². The van der Waals surface area contributed by atoms with Crippen molar-refractivity contribution in [1.29, 1.82) is 0 Å². The lowest BCUT2D eigenvalue weighted by Gasteiger charge is -2.14. The number of hydrogen-bond acceptors (Lipinski definition) is 4. The lowest BCUT2D eigenvalue weighted by atomic mass is 9.93. The van der Waals surface area contributed by atoms with Crippen molar-refractivity contribution in [2.75, 3.05) is 20.3 Å². The number of hydrogen-bond donors (Lipinski definition) is 1. The number of ether oxygens (including phenoxy) is 1. The molecule has 0 spiro atoms. The average molecular weight is 304 g/mol. The molecule has 2 rings (SSSR count). The van der Waals surface area contributed by atoms with E-state index in [9.17, 15) is 4.79 Å². The maximum atomic E-state index is 12.3. The van der Waals surface area contributed by atoms with E-state index in [4.69, 9.17) is 4.74 Å². The number of aryl methyl sites for hydroxylation is 1. The summed E-state index contributed by atoms with van der Waals surface area (Å²) < 4.78 is 6.73. The lowest BCUT2D eigenvalue weighted by Crippen LogP contribution is -2.28. The van der Waals surface area contributed by atoms with E-state index >= 15 is 0 Å². The molecule has 0 aliphatic heterocycles. The molecule has 2 aromatic rings. The van der Waals surface area contributed by atoms with Crippen LogP contribution in [0.5, 0.6) is 0 Å². The number of nitrogens with one attached hydrogen (secondary N) is 1. The number of methoxy groups -OCH3 is 1. The standard InChI is InChI=1S/C16H24N4O2/c1-6-12-11(15(21)17-7-8-22-5)10-18-14-9-13(16(2,3)4)19-20(12)14/h9-10H,6-8H2,1-5H3,(H,17,21). The van der Waals surface area contributed by atoms with Crippen LogP contribution >= 0.6 is 0 Å². The van der Waals surface area contributed by atoms with Gasteiger partial charge in [0.1, 0.15) is 0 Å². The summed E-state index contributed by atoms with van der Waals surface area (Å²) in [6.07, 6.45) is 2.34. The number of carbonyl (C=O) groups is 1. The average Bonchev–Trinajstić information content (AvgIpc) is 2.90. The highest BCUT2D eigenvalue weighted by Crippen LogP contribution is 2.23. The highest BCUT2D eigenvalue weighted by molar-refractivity contribution is 5.95. The number of fused-ring (bicyclic) bond motifs is 1. The van der Waals surface area contributed by atoms with E-state index in [1.165, 1.54) is 0 Å². The fraction of sp³-hybridized carbons (Fsp3) is 0.562. The van der Waals surface area contributed by atoms with Crippen LogP contribution in [0.15, 0.2) is 12.3 Å². The summed E-state index contributed by atoms with van der Waals surface area (Å²) in [6, 6.07) is 1.98. The monoisotopic (exact) mass is 304 g/mol. The summed E-state index contributed by atoms with van der Waals surface area (Å²) in [6.45, 7) is 9.30. The number of carbonyl (C=O) groups excluding carboxylic acids is 1. The van der Waals surface area contributed by atoms with E-state index in [2.05, 4.69) is 36.2 Å². The van der Waals surface area contributed by atoms with E-state index in [0.29, 0.717) is 25.1 Å². The molecular formula is C16H24N4O2. The number of amides is 1. The molecule has 1 amide bonds. The van der Waals surface area contributed by atoms with Crippen LogP contribution in [0.1, 0.15) is 49.4 Å². The minimum atomic E-state index is -0.142. The molecule has 2 heterocycles. The molecule has 0 bridgehead atoms. The summed E-state index contributed by atoms with van der Waals surface area (Å²) in [4.78, 5) is 16.7. The molecule has 0 fully saturated rings.